The van der Waals surface area contributed by atoms with Gasteiger partial charge in [0.2, 0.25) is 10.0 Å². The number of hydrogen-bond donors (Lipinski definition) is 1. The second-order valence-electron chi connectivity index (χ2n) is 6.00. The fourth-order valence-electron chi connectivity index (χ4n) is 2.67. The standard InChI is InChI=1S/C20H26N2O4S/c1-5-22(6-2)27(24,25)19-14-17(12-13-18(19)26-7-3)21-20(23)16-10-8-15(4)9-11-16/h8-14H,5-7H2,1-4H3,(H,21,23). The van der Waals surface area contributed by atoms with Crippen LogP contribution in [0.15, 0.2) is 47.4 Å². The van der Waals surface area contributed by atoms with Crippen molar-refractivity contribution in [1.29, 1.82) is 0 Å². The highest BCUT2D eigenvalue weighted by atomic mass is 32.2. The zero-order valence-electron chi connectivity index (χ0n) is 16.2. The van der Waals surface area contributed by atoms with Gasteiger partial charge in [-0.3, -0.25) is 4.79 Å². The molecule has 27 heavy (non-hydrogen) atoms. The Morgan fingerprint density at radius 3 is 2.22 bits per heavy atom. The first-order valence-electron chi connectivity index (χ1n) is 8.98. The molecule has 0 unspecified atom stereocenters. The first-order chi connectivity index (χ1) is 12.8. The van der Waals surface area contributed by atoms with Crippen LogP contribution in [-0.2, 0) is 10.0 Å². The third kappa shape index (κ3) is 4.87. The topological polar surface area (TPSA) is 75.7 Å². The van der Waals surface area contributed by atoms with E-state index >= 15 is 0 Å². The predicted molar refractivity (Wildman–Crippen MR) is 107 cm³/mol. The zero-order chi connectivity index (χ0) is 20.0. The van der Waals surface area contributed by atoms with Crippen molar-refractivity contribution < 1.29 is 17.9 Å². The van der Waals surface area contributed by atoms with Crippen molar-refractivity contribution in [2.45, 2.75) is 32.6 Å². The predicted octanol–water partition coefficient (Wildman–Crippen LogP) is 3.68. The van der Waals surface area contributed by atoms with Gasteiger partial charge in [-0.05, 0) is 44.2 Å². The summed E-state index contributed by atoms with van der Waals surface area (Å²) in [6.07, 6.45) is 0. The lowest BCUT2D eigenvalue weighted by atomic mass is 10.1. The number of nitrogens with one attached hydrogen (secondary N) is 1. The highest BCUT2D eigenvalue weighted by Gasteiger charge is 2.26. The summed E-state index contributed by atoms with van der Waals surface area (Å²) in [5, 5.41) is 2.76. The van der Waals surface area contributed by atoms with E-state index in [9.17, 15) is 13.2 Å². The molecule has 0 saturated carbocycles. The summed E-state index contributed by atoms with van der Waals surface area (Å²) in [7, 11) is -3.73. The van der Waals surface area contributed by atoms with Crippen molar-refractivity contribution in [1.82, 2.24) is 4.31 Å². The maximum Gasteiger partial charge on any atom is 0.255 e. The number of benzene rings is 2. The molecule has 0 saturated heterocycles. The second kappa shape index (κ2) is 9.01. The molecule has 0 aliphatic rings. The minimum absolute atomic E-state index is 0.0507. The SMILES string of the molecule is CCOc1ccc(NC(=O)c2ccc(C)cc2)cc1S(=O)(=O)N(CC)CC. The third-order valence-electron chi connectivity index (χ3n) is 4.14. The van der Waals surface area contributed by atoms with E-state index < -0.39 is 10.0 Å². The molecule has 7 heteroatoms. The minimum atomic E-state index is -3.73. The largest absolute Gasteiger partial charge is 0.492 e. The molecule has 2 aromatic carbocycles. The number of ether oxygens (including phenoxy) is 1. The van der Waals surface area contributed by atoms with E-state index in [1.807, 2.05) is 19.1 Å². The van der Waals surface area contributed by atoms with Gasteiger partial charge >= 0.3 is 0 Å². The Balaban J connectivity index is 2.39. The molecular formula is C20H26N2O4S. The molecule has 1 N–H and O–H groups in total. The van der Waals surface area contributed by atoms with Gasteiger partial charge in [0.25, 0.3) is 5.91 Å². The van der Waals surface area contributed by atoms with Crippen molar-refractivity contribution in [3.05, 3.63) is 53.6 Å². The van der Waals surface area contributed by atoms with E-state index in [0.717, 1.165) is 5.56 Å². The van der Waals surface area contributed by atoms with Crippen LogP contribution in [0.25, 0.3) is 0 Å². The quantitative estimate of drug-likeness (QED) is 0.746. The van der Waals surface area contributed by atoms with Crippen LogP contribution in [0, 0.1) is 6.92 Å². The van der Waals surface area contributed by atoms with Crippen LogP contribution in [0.5, 0.6) is 5.75 Å². The van der Waals surface area contributed by atoms with E-state index in [4.69, 9.17) is 4.74 Å². The van der Waals surface area contributed by atoms with Crippen LogP contribution in [-0.4, -0.2) is 38.3 Å². The normalized spacial score (nSPS) is 11.4. The third-order valence-corrected chi connectivity index (χ3v) is 6.21. The number of anilines is 1. The summed E-state index contributed by atoms with van der Waals surface area (Å²) in [5.74, 6) is -0.0249. The summed E-state index contributed by atoms with van der Waals surface area (Å²) in [4.78, 5) is 12.5. The van der Waals surface area contributed by atoms with Crippen molar-refractivity contribution in [3.63, 3.8) is 0 Å². The summed E-state index contributed by atoms with van der Waals surface area (Å²) >= 11 is 0. The van der Waals surface area contributed by atoms with Crippen LogP contribution in [0.4, 0.5) is 5.69 Å². The van der Waals surface area contributed by atoms with Crippen LogP contribution < -0.4 is 10.1 Å². The molecule has 6 nitrogen and oxygen atoms in total. The number of hydrogen-bond acceptors (Lipinski definition) is 4. The molecule has 0 bridgehead atoms. The van der Waals surface area contributed by atoms with E-state index in [1.54, 1.807) is 45.0 Å². The maximum absolute atomic E-state index is 13.0. The van der Waals surface area contributed by atoms with Crippen LogP contribution >= 0.6 is 0 Å². The average molecular weight is 391 g/mol. The van der Waals surface area contributed by atoms with Gasteiger partial charge in [-0.15, -0.1) is 0 Å². The molecular weight excluding hydrogens is 364 g/mol. The minimum Gasteiger partial charge on any atom is -0.492 e. The van der Waals surface area contributed by atoms with Gasteiger partial charge in [-0.1, -0.05) is 31.5 Å². The first-order valence-corrected chi connectivity index (χ1v) is 10.4. The molecule has 0 aliphatic carbocycles. The Morgan fingerprint density at radius 1 is 1.04 bits per heavy atom. The van der Waals surface area contributed by atoms with Gasteiger partial charge in [0.1, 0.15) is 10.6 Å². The van der Waals surface area contributed by atoms with Gasteiger partial charge < -0.3 is 10.1 Å². The number of aryl methyl sites for hydroxylation is 1. The van der Waals surface area contributed by atoms with E-state index in [0.29, 0.717) is 30.9 Å². The van der Waals surface area contributed by atoms with E-state index in [1.165, 1.54) is 10.4 Å². The molecule has 0 aliphatic heterocycles. The fraction of sp³-hybridized carbons (Fsp3) is 0.350. The highest BCUT2D eigenvalue weighted by Crippen LogP contribution is 2.30. The Labute approximate surface area is 161 Å². The fourth-order valence-corrected chi connectivity index (χ4v) is 4.29. The van der Waals surface area contributed by atoms with Gasteiger partial charge in [-0.2, -0.15) is 4.31 Å². The van der Waals surface area contributed by atoms with Crippen LogP contribution in [0.3, 0.4) is 0 Å². The summed E-state index contributed by atoms with van der Waals surface area (Å²) in [5.41, 5.74) is 1.96. The first kappa shape index (κ1) is 20.9. The monoisotopic (exact) mass is 390 g/mol. The lowest BCUT2D eigenvalue weighted by molar-refractivity contribution is 0.102. The second-order valence-corrected chi connectivity index (χ2v) is 7.91. The highest BCUT2D eigenvalue weighted by molar-refractivity contribution is 7.89. The molecule has 2 rings (SSSR count). The number of sulfonamides is 1. The molecule has 146 valence electrons. The van der Waals surface area contributed by atoms with E-state index in [2.05, 4.69) is 5.32 Å². The van der Waals surface area contributed by atoms with Gasteiger partial charge in [-0.25, -0.2) is 8.42 Å². The number of carbonyl (C=O) groups is 1. The molecule has 0 spiro atoms. The van der Waals surface area contributed by atoms with Crippen molar-refractivity contribution >= 4 is 21.6 Å². The van der Waals surface area contributed by atoms with Crippen molar-refractivity contribution in [3.8, 4) is 5.75 Å². The average Bonchev–Trinajstić information content (AvgIpc) is 2.64. The molecule has 1 amide bonds. The van der Waals surface area contributed by atoms with Crippen LogP contribution in [0.2, 0.25) is 0 Å². The number of amides is 1. The zero-order valence-corrected chi connectivity index (χ0v) is 17.0. The van der Waals surface area contributed by atoms with Crippen LogP contribution in [0.1, 0.15) is 36.7 Å². The number of nitrogens with zero attached hydrogens (tertiary/aromatic N) is 1. The van der Waals surface area contributed by atoms with Gasteiger partial charge in [0.05, 0.1) is 6.61 Å². The number of carbonyl (C=O) groups excluding carboxylic acids is 1. The molecule has 0 aromatic heterocycles. The summed E-state index contributed by atoms with van der Waals surface area (Å²) in [6, 6.07) is 11.8. The lowest BCUT2D eigenvalue weighted by Crippen LogP contribution is -2.31. The Hall–Kier alpha value is -2.38. The summed E-state index contributed by atoms with van der Waals surface area (Å²) in [6.45, 7) is 8.35. The Morgan fingerprint density at radius 2 is 1.67 bits per heavy atom. The smallest absolute Gasteiger partial charge is 0.255 e. The van der Waals surface area contributed by atoms with Crippen molar-refractivity contribution in [2.24, 2.45) is 0 Å². The van der Waals surface area contributed by atoms with Gasteiger partial charge in [0.15, 0.2) is 0 Å². The summed E-state index contributed by atoms with van der Waals surface area (Å²) < 4.78 is 32.8. The molecule has 0 heterocycles. The molecule has 0 atom stereocenters. The Kier molecular flexibility index (Phi) is 6.98. The molecule has 2 aromatic rings. The lowest BCUT2D eigenvalue weighted by Gasteiger charge is -2.21. The molecule has 0 fully saturated rings. The van der Waals surface area contributed by atoms with E-state index in [-0.39, 0.29) is 16.6 Å². The van der Waals surface area contributed by atoms with Crippen molar-refractivity contribution in [2.75, 3.05) is 25.0 Å². The molecule has 0 radical (unpaired) electrons. The Bertz CT molecular complexity index is 889. The van der Waals surface area contributed by atoms with Gasteiger partial charge in [0, 0.05) is 24.3 Å². The maximum atomic E-state index is 13.0. The number of rotatable bonds is 8.